The Morgan fingerprint density at radius 1 is 1.17 bits per heavy atom. The quantitative estimate of drug-likeness (QED) is 0.741. The summed E-state index contributed by atoms with van der Waals surface area (Å²) in [6, 6.07) is 15.6. The first kappa shape index (κ1) is 16.7. The first-order valence-corrected chi connectivity index (χ1v) is 9.15. The number of hydrogen-bond donors (Lipinski definition) is 1. The number of rotatable bonds is 4. The molecule has 1 aliphatic rings. The predicted octanol–water partition coefficient (Wildman–Crippen LogP) is 4.85. The highest BCUT2D eigenvalue weighted by Gasteiger charge is 2.37. The monoisotopic (exact) mass is 437 g/mol. The van der Waals surface area contributed by atoms with Gasteiger partial charge >= 0.3 is 5.97 Å². The fraction of sp³-hybridized carbons (Fsp3) is 0.278. The smallest absolute Gasteiger partial charge is 0.320 e. The van der Waals surface area contributed by atoms with E-state index in [0.717, 1.165) is 33.0 Å². The molecule has 3 rings (SSSR count). The lowest BCUT2D eigenvalue weighted by molar-refractivity contribution is -0.142. The average Bonchev–Trinajstić information content (AvgIpc) is 2.99. The van der Waals surface area contributed by atoms with Crippen molar-refractivity contribution in [3.63, 3.8) is 0 Å². The normalized spacial score (nSPS) is 19.7. The van der Waals surface area contributed by atoms with Crippen LogP contribution in [0, 0.1) is 0 Å². The van der Waals surface area contributed by atoms with E-state index >= 15 is 0 Å². The van der Waals surface area contributed by atoms with Crippen LogP contribution in [0.4, 0.5) is 0 Å². The molecular weight excluding hydrogens is 422 g/mol. The number of carboxylic acids is 1. The molecule has 2 aromatic rings. The van der Waals surface area contributed by atoms with E-state index in [0.29, 0.717) is 6.42 Å². The average molecular weight is 439 g/mol. The summed E-state index contributed by atoms with van der Waals surface area (Å²) in [6.07, 6.45) is 1.61. The van der Waals surface area contributed by atoms with Crippen molar-refractivity contribution in [2.45, 2.75) is 24.9 Å². The Kier molecular flexibility index (Phi) is 5.19. The van der Waals surface area contributed by atoms with Crippen molar-refractivity contribution < 1.29 is 9.90 Å². The van der Waals surface area contributed by atoms with Crippen LogP contribution in [-0.2, 0) is 4.79 Å². The lowest BCUT2D eigenvalue weighted by Gasteiger charge is -2.32. The van der Waals surface area contributed by atoms with Gasteiger partial charge in [0.15, 0.2) is 0 Å². The molecule has 1 saturated heterocycles. The summed E-state index contributed by atoms with van der Waals surface area (Å²) < 4.78 is 2.00. The van der Waals surface area contributed by atoms with E-state index in [1.165, 1.54) is 0 Å². The molecule has 0 aliphatic carbocycles. The first-order valence-electron chi connectivity index (χ1n) is 7.56. The van der Waals surface area contributed by atoms with E-state index in [4.69, 9.17) is 0 Å². The van der Waals surface area contributed by atoms with E-state index in [1.807, 2.05) is 30.3 Å². The van der Waals surface area contributed by atoms with E-state index in [2.05, 4.69) is 55.0 Å². The first-order chi connectivity index (χ1) is 11.1. The molecule has 0 radical (unpaired) electrons. The molecule has 1 aliphatic heterocycles. The minimum atomic E-state index is -0.741. The Morgan fingerprint density at radius 3 is 2.65 bits per heavy atom. The summed E-state index contributed by atoms with van der Waals surface area (Å²) in [5.41, 5.74) is 2.19. The van der Waals surface area contributed by atoms with Gasteiger partial charge in [0.1, 0.15) is 6.04 Å². The molecule has 1 N–H and O–H groups in total. The fourth-order valence-corrected chi connectivity index (χ4v) is 4.21. The van der Waals surface area contributed by atoms with E-state index < -0.39 is 12.0 Å². The van der Waals surface area contributed by atoms with Crippen LogP contribution in [0.1, 0.15) is 30.0 Å². The van der Waals surface area contributed by atoms with Gasteiger partial charge in [-0.3, -0.25) is 9.69 Å². The molecule has 0 amide bonds. The zero-order valence-electron chi connectivity index (χ0n) is 12.5. The Balaban J connectivity index is 2.11. The standard InChI is InChI=1S/C18H17Br2NO2/c19-13-6-3-5-12(11-13)17(14-7-1-2-8-15(14)20)21-10-4-9-16(21)18(22)23/h1-3,5-8,11,16-17H,4,9-10H2,(H,22,23). The zero-order valence-corrected chi connectivity index (χ0v) is 15.6. The van der Waals surface area contributed by atoms with Crippen molar-refractivity contribution in [1.29, 1.82) is 0 Å². The summed E-state index contributed by atoms with van der Waals surface area (Å²) in [6.45, 7) is 0.787. The highest BCUT2D eigenvalue weighted by molar-refractivity contribution is 9.10. The molecule has 0 aromatic heterocycles. The van der Waals surface area contributed by atoms with Gasteiger partial charge in [0.2, 0.25) is 0 Å². The van der Waals surface area contributed by atoms with Gasteiger partial charge in [0.05, 0.1) is 6.04 Å². The Bertz CT molecular complexity index is 720. The van der Waals surface area contributed by atoms with Crippen molar-refractivity contribution in [2.24, 2.45) is 0 Å². The topological polar surface area (TPSA) is 40.5 Å². The van der Waals surface area contributed by atoms with Crippen molar-refractivity contribution in [1.82, 2.24) is 4.90 Å². The second kappa shape index (κ2) is 7.16. The number of nitrogens with zero attached hydrogens (tertiary/aromatic N) is 1. The highest BCUT2D eigenvalue weighted by atomic mass is 79.9. The van der Waals surface area contributed by atoms with Crippen molar-refractivity contribution >= 4 is 37.8 Å². The minimum absolute atomic E-state index is 0.0772. The number of aliphatic carboxylic acids is 1. The lowest BCUT2D eigenvalue weighted by Crippen LogP contribution is -2.39. The number of hydrogen-bond acceptors (Lipinski definition) is 2. The number of likely N-dealkylation sites (tertiary alicyclic amines) is 1. The van der Waals surface area contributed by atoms with Gasteiger partial charge in [0.25, 0.3) is 0 Å². The molecule has 120 valence electrons. The molecule has 2 aromatic carbocycles. The molecule has 1 fully saturated rings. The number of carbonyl (C=O) groups is 1. The second-order valence-electron chi connectivity index (χ2n) is 5.71. The van der Waals surface area contributed by atoms with Crippen LogP contribution in [0.25, 0.3) is 0 Å². The third kappa shape index (κ3) is 3.52. The van der Waals surface area contributed by atoms with Crippen molar-refractivity contribution in [2.75, 3.05) is 6.54 Å². The highest BCUT2D eigenvalue weighted by Crippen LogP contribution is 2.38. The zero-order chi connectivity index (χ0) is 16.4. The molecule has 0 spiro atoms. The number of halogens is 2. The lowest BCUT2D eigenvalue weighted by atomic mass is 9.96. The van der Waals surface area contributed by atoms with Gasteiger partial charge in [-0.15, -0.1) is 0 Å². The van der Waals surface area contributed by atoms with Gasteiger partial charge < -0.3 is 5.11 Å². The van der Waals surface area contributed by atoms with Crippen molar-refractivity contribution in [3.05, 3.63) is 68.6 Å². The van der Waals surface area contributed by atoms with Gasteiger partial charge in [-0.2, -0.15) is 0 Å². The Morgan fingerprint density at radius 2 is 1.96 bits per heavy atom. The SMILES string of the molecule is O=C(O)C1CCCN1C(c1cccc(Br)c1)c1ccccc1Br. The molecule has 23 heavy (non-hydrogen) atoms. The fourth-order valence-electron chi connectivity index (χ4n) is 3.29. The van der Waals surface area contributed by atoms with Crippen LogP contribution < -0.4 is 0 Å². The summed E-state index contributed by atoms with van der Waals surface area (Å²) in [4.78, 5) is 13.8. The summed E-state index contributed by atoms with van der Waals surface area (Å²) in [7, 11) is 0. The maximum atomic E-state index is 11.7. The molecule has 0 saturated carbocycles. The molecule has 3 nitrogen and oxygen atoms in total. The van der Waals surface area contributed by atoms with E-state index in [9.17, 15) is 9.90 Å². The Labute approximate surface area is 152 Å². The predicted molar refractivity (Wildman–Crippen MR) is 97.5 cm³/mol. The molecule has 2 atom stereocenters. The van der Waals surface area contributed by atoms with Gasteiger partial charge in [-0.25, -0.2) is 0 Å². The van der Waals surface area contributed by atoms with Gasteiger partial charge in [-0.05, 0) is 42.2 Å². The van der Waals surface area contributed by atoms with Crippen molar-refractivity contribution in [3.8, 4) is 0 Å². The number of benzene rings is 2. The van der Waals surface area contributed by atoms with Crippen LogP contribution in [0.5, 0.6) is 0 Å². The third-order valence-electron chi connectivity index (χ3n) is 4.28. The summed E-state index contributed by atoms with van der Waals surface area (Å²) in [5, 5.41) is 9.59. The molecule has 5 heteroatoms. The van der Waals surface area contributed by atoms with Crippen LogP contribution in [-0.4, -0.2) is 28.6 Å². The van der Waals surface area contributed by atoms with Gasteiger partial charge in [-0.1, -0.05) is 62.2 Å². The second-order valence-corrected chi connectivity index (χ2v) is 7.48. The molecule has 2 unspecified atom stereocenters. The molecule has 0 bridgehead atoms. The summed E-state index contributed by atoms with van der Waals surface area (Å²) >= 11 is 7.16. The van der Waals surface area contributed by atoms with Crippen LogP contribution in [0.15, 0.2) is 57.5 Å². The van der Waals surface area contributed by atoms with E-state index in [-0.39, 0.29) is 6.04 Å². The largest absolute Gasteiger partial charge is 0.480 e. The van der Waals surface area contributed by atoms with Crippen LogP contribution in [0.3, 0.4) is 0 Å². The van der Waals surface area contributed by atoms with E-state index in [1.54, 1.807) is 0 Å². The van der Waals surface area contributed by atoms with Crippen LogP contribution in [0.2, 0.25) is 0 Å². The number of carboxylic acid groups (broad SMARTS) is 1. The molecule has 1 heterocycles. The maximum absolute atomic E-state index is 11.7. The minimum Gasteiger partial charge on any atom is -0.480 e. The summed E-state index contributed by atoms with van der Waals surface area (Å²) in [5.74, 6) is -0.741. The van der Waals surface area contributed by atoms with Gasteiger partial charge in [0, 0.05) is 15.5 Å². The maximum Gasteiger partial charge on any atom is 0.320 e. The molecular formula is C18H17Br2NO2. The third-order valence-corrected chi connectivity index (χ3v) is 5.49. The Hall–Kier alpha value is -1.17. The van der Waals surface area contributed by atoms with Crippen LogP contribution >= 0.6 is 31.9 Å².